The number of hydrogen-bond acceptors (Lipinski definition) is 4. The van der Waals surface area contributed by atoms with Crippen LogP contribution in [0.3, 0.4) is 0 Å². The molecule has 2 aromatic rings. The van der Waals surface area contributed by atoms with Crippen LogP contribution in [-0.2, 0) is 27.3 Å². The Hall–Kier alpha value is -2.57. The molecule has 0 radical (unpaired) electrons. The first-order valence-electron chi connectivity index (χ1n) is 9.23. The molecule has 1 atom stereocenters. The molecule has 4 N–H and O–H groups in total. The van der Waals surface area contributed by atoms with Crippen LogP contribution in [0.15, 0.2) is 48.5 Å². The summed E-state index contributed by atoms with van der Waals surface area (Å²) in [5.41, 5.74) is 9.22. The van der Waals surface area contributed by atoms with Gasteiger partial charge in [0.1, 0.15) is 6.10 Å². The van der Waals surface area contributed by atoms with E-state index in [1.165, 1.54) is 0 Å². The molecule has 150 valence electrons. The lowest BCUT2D eigenvalue weighted by Crippen LogP contribution is -2.27. The van der Waals surface area contributed by atoms with Gasteiger partial charge in [0.25, 0.3) is 5.91 Å². The highest BCUT2D eigenvalue weighted by Crippen LogP contribution is 2.16. The van der Waals surface area contributed by atoms with Crippen molar-refractivity contribution >= 4 is 35.6 Å². The third kappa shape index (κ3) is 6.25. The number of anilines is 2. The first-order chi connectivity index (χ1) is 13.1. The Kier molecular flexibility index (Phi) is 8.29. The van der Waals surface area contributed by atoms with Crippen LogP contribution in [0.25, 0.3) is 0 Å². The number of ether oxygens (including phenoxy) is 1. The van der Waals surface area contributed by atoms with E-state index in [0.717, 1.165) is 24.0 Å². The number of rotatable bonds is 7. The third-order valence-electron chi connectivity index (χ3n) is 4.58. The van der Waals surface area contributed by atoms with Crippen molar-refractivity contribution in [3.8, 4) is 0 Å². The van der Waals surface area contributed by atoms with Crippen molar-refractivity contribution in [1.29, 1.82) is 0 Å². The second-order valence-corrected chi connectivity index (χ2v) is 6.67. The smallest absolute Gasteiger partial charge is 0.253 e. The molecule has 0 spiro atoms. The summed E-state index contributed by atoms with van der Waals surface area (Å²) in [5.74, 6) is -0.152. The fourth-order valence-corrected chi connectivity index (χ4v) is 3.07. The number of halogens is 1. The molecule has 3 rings (SSSR count). The van der Waals surface area contributed by atoms with E-state index >= 15 is 0 Å². The largest absolute Gasteiger partial charge is 0.399 e. The molecule has 1 heterocycles. The Morgan fingerprint density at radius 2 is 1.96 bits per heavy atom. The fourth-order valence-electron chi connectivity index (χ4n) is 3.07. The van der Waals surface area contributed by atoms with Crippen molar-refractivity contribution in [3.05, 3.63) is 59.7 Å². The van der Waals surface area contributed by atoms with Crippen molar-refractivity contribution in [2.45, 2.75) is 38.3 Å². The summed E-state index contributed by atoms with van der Waals surface area (Å²) in [6, 6.07) is 15.0. The number of nitrogens with one attached hydrogen (secondary N) is 2. The molecule has 7 heteroatoms. The number of aryl methyl sites for hydroxylation is 1. The average Bonchev–Trinajstić information content (AvgIpc) is 3.21. The van der Waals surface area contributed by atoms with Crippen LogP contribution < -0.4 is 16.4 Å². The van der Waals surface area contributed by atoms with Gasteiger partial charge in [-0.1, -0.05) is 30.3 Å². The monoisotopic (exact) mass is 403 g/mol. The molecule has 28 heavy (non-hydrogen) atoms. The first kappa shape index (κ1) is 21.7. The Morgan fingerprint density at radius 1 is 1.14 bits per heavy atom. The lowest BCUT2D eigenvalue weighted by molar-refractivity contribution is -0.124. The van der Waals surface area contributed by atoms with Gasteiger partial charge < -0.3 is 21.1 Å². The van der Waals surface area contributed by atoms with Crippen LogP contribution >= 0.6 is 12.4 Å². The van der Waals surface area contributed by atoms with Crippen LogP contribution in [0.1, 0.15) is 30.4 Å². The lowest BCUT2D eigenvalue weighted by Gasteiger charge is -2.12. The normalized spacial score (nSPS) is 15.5. The maximum atomic E-state index is 12.1. The molecule has 0 aromatic heterocycles. The number of nitrogens with two attached hydrogens (primary N) is 1. The number of nitrogen functional groups attached to an aromatic ring is 1. The highest BCUT2D eigenvalue weighted by molar-refractivity contribution is 5.94. The summed E-state index contributed by atoms with van der Waals surface area (Å²) in [7, 11) is 0. The van der Waals surface area contributed by atoms with Gasteiger partial charge in [-0.25, -0.2) is 0 Å². The zero-order chi connectivity index (χ0) is 19.1. The molecule has 1 saturated heterocycles. The summed E-state index contributed by atoms with van der Waals surface area (Å²) in [4.78, 5) is 24.2. The standard InChI is InChI=1S/C21H25N3O3.ClH/c22-18-8-2-1-6-16(18)10-11-20(25)23-14-15-5-3-7-17(13-15)24-21(26)19-9-4-12-27-19;/h1-3,5-8,13,19H,4,9-12,14,22H2,(H,23,25)(H,24,26);1H. The maximum absolute atomic E-state index is 12.1. The summed E-state index contributed by atoms with van der Waals surface area (Å²) in [6.07, 6.45) is 2.30. The van der Waals surface area contributed by atoms with Crippen LogP contribution in [0.2, 0.25) is 0 Å². The van der Waals surface area contributed by atoms with E-state index in [2.05, 4.69) is 10.6 Å². The minimum absolute atomic E-state index is 0. The molecule has 2 aromatic carbocycles. The van der Waals surface area contributed by atoms with Crippen molar-refractivity contribution in [3.63, 3.8) is 0 Å². The minimum atomic E-state index is -0.362. The van der Waals surface area contributed by atoms with Crippen molar-refractivity contribution in [2.24, 2.45) is 0 Å². The number of para-hydroxylation sites is 1. The molecule has 1 fully saturated rings. The van der Waals surface area contributed by atoms with Gasteiger partial charge in [0.2, 0.25) is 5.91 Å². The number of hydrogen-bond donors (Lipinski definition) is 3. The molecule has 1 aliphatic heterocycles. The molecule has 1 aliphatic rings. The van der Waals surface area contributed by atoms with Crippen molar-refractivity contribution in [1.82, 2.24) is 5.32 Å². The number of amides is 2. The molecule has 0 bridgehead atoms. The van der Waals surface area contributed by atoms with Crippen LogP contribution in [-0.4, -0.2) is 24.5 Å². The summed E-state index contributed by atoms with van der Waals surface area (Å²) < 4.78 is 5.39. The van der Waals surface area contributed by atoms with Crippen molar-refractivity contribution in [2.75, 3.05) is 17.7 Å². The highest BCUT2D eigenvalue weighted by Gasteiger charge is 2.23. The van der Waals surface area contributed by atoms with Gasteiger partial charge in [0.15, 0.2) is 0 Å². The predicted molar refractivity (Wildman–Crippen MR) is 112 cm³/mol. The van der Waals surface area contributed by atoms with E-state index in [0.29, 0.717) is 37.4 Å². The zero-order valence-corrected chi connectivity index (χ0v) is 16.5. The Bertz CT molecular complexity index is 807. The molecular weight excluding hydrogens is 378 g/mol. The molecule has 6 nitrogen and oxygen atoms in total. The van der Waals surface area contributed by atoms with Gasteiger partial charge in [-0.15, -0.1) is 12.4 Å². The minimum Gasteiger partial charge on any atom is -0.399 e. The third-order valence-corrected chi connectivity index (χ3v) is 4.58. The summed E-state index contributed by atoms with van der Waals surface area (Å²) in [6.45, 7) is 1.05. The first-order valence-corrected chi connectivity index (χ1v) is 9.23. The van der Waals surface area contributed by atoms with Gasteiger partial charge >= 0.3 is 0 Å². The quantitative estimate of drug-likeness (QED) is 0.619. The zero-order valence-electron chi connectivity index (χ0n) is 15.6. The van der Waals surface area contributed by atoms with E-state index in [1.54, 1.807) is 0 Å². The molecule has 0 saturated carbocycles. The van der Waals surface area contributed by atoms with Gasteiger partial charge in [0, 0.05) is 30.9 Å². The maximum Gasteiger partial charge on any atom is 0.253 e. The van der Waals surface area contributed by atoms with Gasteiger partial charge in [-0.05, 0) is 48.6 Å². The van der Waals surface area contributed by atoms with E-state index in [9.17, 15) is 9.59 Å². The van der Waals surface area contributed by atoms with Crippen LogP contribution in [0.4, 0.5) is 11.4 Å². The van der Waals surface area contributed by atoms with Gasteiger partial charge in [0.05, 0.1) is 0 Å². The second kappa shape index (κ2) is 10.7. The topological polar surface area (TPSA) is 93.5 Å². The second-order valence-electron chi connectivity index (χ2n) is 6.67. The average molecular weight is 404 g/mol. The Labute approximate surface area is 171 Å². The van der Waals surface area contributed by atoms with E-state index < -0.39 is 0 Å². The van der Waals surface area contributed by atoms with Gasteiger partial charge in [-0.2, -0.15) is 0 Å². The van der Waals surface area contributed by atoms with Crippen molar-refractivity contribution < 1.29 is 14.3 Å². The summed E-state index contributed by atoms with van der Waals surface area (Å²) >= 11 is 0. The van der Waals surface area contributed by atoms with E-state index in [4.69, 9.17) is 10.5 Å². The van der Waals surface area contributed by atoms with E-state index in [1.807, 2.05) is 48.5 Å². The molecule has 0 aliphatic carbocycles. The predicted octanol–water partition coefficient (Wildman–Crippen LogP) is 3.06. The number of benzene rings is 2. The van der Waals surface area contributed by atoms with Crippen LogP contribution in [0.5, 0.6) is 0 Å². The van der Waals surface area contributed by atoms with E-state index in [-0.39, 0.29) is 30.3 Å². The molecular formula is C21H26ClN3O3. The highest BCUT2D eigenvalue weighted by atomic mass is 35.5. The Morgan fingerprint density at radius 3 is 2.71 bits per heavy atom. The molecule has 1 unspecified atom stereocenters. The van der Waals surface area contributed by atoms with Gasteiger partial charge in [-0.3, -0.25) is 9.59 Å². The SMILES string of the molecule is Cl.Nc1ccccc1CCC(=O)NCc1cccc(NC(=O)C2CCCO2)c1. The fraction of sp³-hybridized carbons (Fsp3) is 0.333. The lowest BCUT2D eigenvalue weighted by atomic mass is 10.1. The number of carbonyl (C=O) groups is 2. The Balaban J connectivity index is 0.00000280. The van der Waals surface area contributed by atoms with Crippen LogP contribution in [0, 0.1) is 0 Å². The molecule has 2 amide bonds. The summed E-state index contributed by atoms with van der Waals surface area (Å²) in [5, 5.41) is 5.78. The number of carbonyl (C=O) groups excluding carboxylic acids is 2.